The summed E-state index contributed by atoms with van der Waals surface area (Å²) >= 11 is 0. The van der Waals surface area contributed by atoms with Crippen LogP contribution in [0.25, 0.3) is 0 Å². The molecule has 2 aromatic rings. The van der Waals surface area contributed by atoms with Crippen LogP contribution in [0.1, 0.15) is 12.0 Å². The van der Waals surface area contributed by atoms with Gasteiger partial charge in [0.2, 0.25) is 0 Å². The Labute approximate surface area is 135 Å². The monoisotopic (exact) mass is 344 g/mol. The minimum absolute atomic E-state index is 0.123. The van der Waals surface area contributed by atoms with Gasteiger partial charge in [-0.15, -0.1) is 0 Å². The molecular weight excluding hydrogens is 328 g/mol. The molecule has 2 rings (SSSR count). The average molecular weight is 344 g/mol. The quantitative estimate of drug-likeness (QED) is 0.647. The maximum Gasteiger partial charge on any atom is 0.317 e. The highest BCUT2D eigenvalue weighted by atomic mass is 19.2. The van der Waals surface area contributed by atoms with Crippen LogP contribution in [0, 0.1) is 23.3 Å². The Morgan fingerprint density at radius 3 is 2.50 bits per heavy atom. The van der Waals surface area contributed by atoms with E-state index in [1.807, 2.05) is 4.57 Å². The van der Waals surface area contributed by atoms with E-state index >= 15 is 0 Å². The molecule has 1 N–H and O–H groups in total. The number of imidazole rings is 1. The summed E-state index contributed by atoms with van der Waals surface area (Å²) < 4.78 is 55.0. The molecule has 1 heterocycles. The summed E-state index contributed by atoms with van der Waals surface area (Å²) in [7, 11) is 1.50. The number of nitrogens with zero attached hydrogens (tertiary/aromatic N) is 3. The van der Waals surface area contributed by atoms with Crippen molar-refractivity contribution in [3.05, 3.63) is 53.6 Å². The summed E-state index contributed by atoms with van der Waals surface area (Å²) in [5.74, 6) is -6.05. The number of nitrogens with one attached hydrogen (secondary N) is 1. The van der Waals surface area contributed by atoms with Crippen LogP contribution in [0.2, 0.25) is 0 Å². The van der Waals surface area contributed by atoms with Gasteiger partial charge in [-0.1, -0.05) is 0 Å². The van der Waals surface area contributed by atoms with Gasteiger partial charge >= 0.3 is 6.03 Å². The van der Waals surface area contributed by atoms with Crippen LogP contribution in [0.3, 0.4) is 0 Å². The fourth-order valence-corrected chi connectivity index (χ4v) is 2.09. The third kappa shape index (κ3) is 4.24. The van der Waals surface area contributed by atoms with Crippen LogP contribution in [-0.2, 0) is 13.1 Å². The second-order valence-electron chi connectivity index (χ2n) is 5.18. The van der Waals surface area contributed by atoms with E-state index in [1.165, 1.54) is 11.9 Å². The van der Waals surface area contributed by atoms with Crippen LogP contribution >= 0.6 is 0 Å². The normalized spacial score (nSPS) is 10.7. The molecule has 0 fully saturated rings. The Bertz CT molecular complexity index is 680. The third-order valence-electron chi connectivity index (χ3n) is 3.43. The molecule has 0 radical (unpaired) electrons. The van der Waals surface area contributed by atoms with E-state index < -0.39 is 41.4 Å². The van der Waals surface area contributed by atoms with Gasteiger partial charge in [0.15, 0.2) is 23.3 Å². The van der Waals surface area contributed by atoms with E-state index in [4.69, 9.17) is 0 Å². The number of carbonyl (C=O) groups excluding carboxylic acids is 1. The molecule has 0 saturated carbocycles. The molecule has 24 heavy (non-hydrogen) atoms. The molecular formula is C15H16F4N4O. The fourth-order valence-electron chi connectivity index (χ4n) is 2.09. The van der Waals surface area contributed by atoms with Crippen molar-refractivity contribution in [2.24, 2.45) is 0 Å². The molecule has 1 aromatic heterocycles. The zero-order chi connectivity index (χ0) is 17.7. The number of benzene rings is 1. The molecule has 0 spiro atoms. The van der Waals surface area contributed by atoms with Crippen molar-refractivity contribution in [3.63, 3.8) is 0 Å². The lowest BCUT2D eigenvalue weighted by molar-refractivity contribution is 0.206. The van der Waals surface area contributed by atoms with Crippen molar-refractivity contribution >= 4 is 6.03 Å². The van der Waals surface area contributed by atoms with Crippen LogP contribution in [0.15, 0.2) is 24.8 Å². The van der Waals surface area contributed by atoms with E-state index in [9.17, 15) is 22.4 Å². The van der Waals surface area contributed by atoms with Gasteiger partial charge in [0.25, 0.3) is 0 Å². The van der Waals surface area contributed by atoms with Crippen LogP contribution in [0.5, 0.6) is 0 Å². The fraction of sp³-hybridized carbons (Fsp3) is 0.333. The molecule has 5 nitrogen and oxygen atoms in total. The van der Waals surface area contributed by atoms with Gasteiger partial charge in [0.05, 0.1) is 12.9 Å². The van der Waals surface area contributed by atoms with Crippen molar-refractivity contribution in [1.82, 2.24) is 19.8 Å². The Morgan fingerprint density at radius 2 is 1.92 bits per heavy atom. The lowest BCUT2D eigenvalue weighted by Crippen LogP contribution is -2.38. The number of aryl methyl sites for hydroxylation is 1. The first-order valence-corrected chi connectivity index (χ1v) is 7.16. The van der Waals surface area contributed by atoms with Gasteiger partial charge in [-0.25, -0.2) is 27.3 Å². The number of hydrogen-bond donors (Lipinski definition) is 1. The summed E-state index contributed by atoms with van der Waals surface area (Å²) in [5, 5.41) is 2.23. The van der Waals surface area contributed by atoms with Gasteiger partial charge in [-0.05, 0) is 6.42 Å². The van der Waals surface area contributed by atoms with Gasteiger partial charge in [-0.2, -0.15) is 0 Å². The highest BCUT2D eigenvalue weighted by Crippen LogP contribution is 2.19. The molecule has 0 saturated heterocycles. The summed E-state index contributed by atoms with van der Waals surface area (Å²) in [6.45, 7) is 0.375. The molecule has 9 heteroatoms. The first-order valence-electron chi connectivity index (χ1n) is 7.16. The zero-order valence-corrected chi connectivity index (χ0v) is 12.9. The number of hydrogen-bond acceptors (Lipinski definition) is 2. The molecule has 0 aliphatic rings. The average Bonchev–Trinajstić information content (AvgIpc) is 3.06. The summed E-state index contributed by atoms with van der Waals surface area (Å²) in [6.07, 6.45) is 5.70. The van der Waals surface area contributed by atoms with Gasteiger partial charge in [0, 0.05) is 44.2 Å². The number of carbonyl (C=O) groups is 1. The standard InChI is InChI=1S/C15H16F4N4O/c1-22(4-2-5-23-6-3-20-9-23)15(24)21-8-10-13(18)11(16)7-12(17)14(10)19/h3,6-7,9H,2,4-5,8H2,1H3,(H,21,24). The van der Waals surface area contributed by atoms with Crippen molar-refractivity contribution < 1.29 is 22.4 Å². The van der Waals surface area contributed by atoms with E-state index in [1.54, 1.807) is 18.7 Å². The smallest absolute Gasteiger partial charge is 0.317 e. The summed E-state index contributed by atoms with van der Waals surface area (Å²) in [4.78, 5) is 17.1. The predicted octanol–water partition coefficient (Wildman–Crippen LogP) is 2.67. The Morgan fingerprint density at radius 1 is 1.25 bits per heavy atom. The van der Waals surface area contributed by atoms with E-state index in [0.717, 1.165) is 0 Å². The second kappa shape index (κ2) is 7.80. The Hall–Kier alpha value is -2.58. The summed E-state index contributed by atoms with van der Waals surface area (Å²) in [6, 6.07) is -0.484. The number of urea groups is 1. The number of amides is 2. The van der Waals surface area contributed by atoms with Crippen LogP contribution in [-0.4, -0.2) is 34.1 Å². The molecule has 0 unspecified atom stereocenters. The van der Waals surface area contributed by atoms with Crippen LogP contribution in [0.4, 0.5) is 22.4 Å². The maximum absolute atomic E-state index is 13.5. The Balaban J connectivity index is 1.86. The lowest BCUT2D eigenvalue weighted by atomic mass is 10.2. The topological polar surface area (TPSA) is 50.2 Å². The molecule has 1 aromatic carbocycles. The highest BCUT2D eigenvalue weighted by Gasteiger charge is 2.20. The van der Waals surface area contributed by atoms with Gasteiger partial charge in [0.1, 0.15) is 0 Å². The number of halogens is 4. The number of rotatable bonds is 6. The first kappa shape index (κ1) is 17.8. The molecule has 0 atom stereocenters. The first-order chi connectivity index (χ1) is 11.4. The molecule has 0 bridgehead atoms. The SMILES string of the molecule is CN(CCCn1ccnc1)C(=O)NCc1c(F)c(F)cc(F)c1F. The van der Waals surface area contributed by atoms with Gasteiger partial charge < -0.3 is 14.8 Å². The second-order valence-corrected chi connectivity index (χ2v) is 5.18. The molecule has 0 aliphatic heterocycles. The lowest BCUT2D eigenvalue weighted by Gasteiger charge is -2.18. The van der Waals surface area contributed by atoms with E-state index in [-0.39, 0.29) is 6.07 Å². The van der Waals surface area contributed by atoms with Crippen molar-refractivity contribution in [2.45, 2.75) is 19.5 Å². The predicted molar refractivity (Wildman–Crippen MR) is 78.0 cm³/mol. The maximum atomic E-state index is 13.5. The highest BCUT2D eigenvalue weighted by molar-refractivity contribution is 5.73. The summed E-state index contributed by atoms with van der Waals surface area (Å²) in [5.41, 5.74) is -0.854. The van der Waals surface area contributed by atoms with Crippen molar-refractivity contribution in [2.75, 3.05) is 13.6 Å². The zero-order valence-electron chi connectivity index (χ0n) is 12.9. The van der Waals surface area contributed by atoms with Crippen molar-refractivity contribution in [1.29, 1.82) is 0 Å². The minimum Gasteiger partial charge on any atom is -0.337 e. The molecule has 130 valence electrons. The van der Waals surface area contributed by atoms with Crippen molar-refractivity contribution in [3.8, 4) is 0 Å². The van der Waals surface area contributed by atoms with E-state index in [0.29, 0.717) is 19.5 Å². The molecule has 2 amide bonds. The minimum atomic E-state index is -1.52. The van der Waals surface area contributed by atoms with Gasteiger partial charge in [-0.3, -0.25) is 0 Å². The Kier molecular flexibility index (Phi) is 5.78. The largest absolute Gasteiger partial charge is 0.337 e. The molecule has 0 aliphatic carbocycles. The van der Waals surface area contributed by atoms with Crippen LogP contribution < -0.4 is 5.32 Å². The number of aromatic nitrogens is 2. The van der Waals surface area contributed by atoms with E-state index in [2.05, 4.69) is 10.3 Å². The third-order valence-corrected chi connectivity index (χ3v) is 3.43.